The van der Waals surface area contributed by atoms with E-state index in [0.717, 1.165) is 16.2 Å². The zero-order valence-electron chi connectivity index (χ0n) is 16.3. The Balaban J connectivity index is 1.83. The molecule has 0 spiro atoms. The van der Waals surface area contributed by atoms with Crippen molar-refractivity contribution in [1.29, 1.82) is 0 Å². The number of carbonyl (C=O) groups excluding carboxylic acids is 3. The predicted octanol–water partition coefficient (Wildman–Crippen LogP) is 3.40. The molecular formula is C21H21NO6S. The third-order valence-electron chi connectivity index (χ3n) is 4.69. The Morgan fingerprint density at radius 2 is 1.83 bits per heavy atom. The summed E-state index contributed by atoms with van der Waals surface area (Å²) in [6.45, 7) is 0. The molecule has 1 aliphatic carbocycles. The van der Waals surface area contributed by atoms with Crippen LogP contribution in [0.3, 0.4) is 0 Å². The Kier molecular flexibility index (Phi) is 6.33. The maximum atomic E-state index is 12.4. The molecule has 29 heavy (non-hydrogen) atoms. The van der Waals surface area contributed by atoms with Gasteiger partial charge in [0.25, 0.3) is 0 Å². The van der Waals surface area contributed by atoms with Gasteiger partial charge in [0.2, 0.25) is 5.91 Å². The van der Waals surface area contributed by atoms with Gasteiger partial charge in [0.1, 0.15) is 10.8 Å². The van der Waals surface area contributed by atoms with Crippen LogP contribution in [0.4, 0.5) is 5.00 Å². The van der Waals surface area contributed by atoms with Gasteiger partial charge in [-0.2, -0.15) is 0 Å². The monoisotopic (exact) mass is 415 g/mol. The standard InChI is InChI=1S/C21H21NO6S/c1-26-13-7-4-12(5-8-13)6-11-16(23)22-19-18(21(25)28-3)17-14(20(24)27-2)9-10-15(17)29-19/h4-8,11,14H,9-10H2,1-3H3,(H,22,23)/b11-6+. The lowest BCUT2D eigenvalue weighted by Gasteiger charge is -2.11. The van der Waals surface area contributed by atoms with Crippen LogP contribution in [-0.2, 0) is 25.5 Å². The molecule has 0 saturated heterocycles. The summed E-state index contributed by atoms with van der Waals surface area (Å²) < 4.78 is 14.9. The smallest absolute Gasteiger partial charge is 0.341 e. The van der Waals surface area contributed by atoms with Crippen molar-refractivity contribution in [3.8, 4) is 5.75 Å². The van der Waals surface area contributed by atoms with E-state index in [4.69, 9.17) is 14.2 Å². The molecule has 0 bridgehead atoms. The molecule has 152 valence electrons. The Hall–Kier alpha value is -3.13. The average Bonchev–Trinajstić information content (AvgIpc) is 3.30. The van der Waals surface area contributed by atoms with Gasteiger partial charge >= 0.3 is 11.9 Å². The first kappa shape index (κ1) is 20.6. The van der Waals surface area contributed by atoms with E-state index in [1.165, 1.54) is 31.6 Å². The van der Waals surface area contributed by atoms with Crippen LogP contribution in [0.2, 0.25) is 0 Å². The number of hydrogen-bond acceptors (Lipinski definition) is 7. The van der Waals surface area contributed by atoms with Gasteiger partial charge in [-0.3, -0.25) is 9.59 Å². The molecule has 1 amide bonds. The van der Waals surface area contributed by atoms with E-state index in [2.05, 4.69) is 5.32 Å². The van der Waals surface area contributed by atoms with Crippen molar-refractivity contribution in [2.24, 2.45) is 0 Å². The Bertz CT molecular complexity index is 960. The van der Waals surface area contributed by atoms with E-state index in [0.29, 0.717) is 23.4 Å². The molecule has 1 aliphatic rings. The fourth-order valence-electron chi connectivity index (χ4n) is 3.28. The molecule has 0 radical (unpaired) electrons. The first-order valence-electron chi connectivity index (χ1n) is 8.93. The van der Waals surface area contributed by atoms with E-state index in [1.54, 1.807) is 25.3 Å². The molecule has 2 aromatic rings. The van der Waals surface area contributed by atoms with Crippen molar-refractivity contribution >= 4 is 40.3 Å². The fraction of sp³-hybridized carbons (Fsp3) is 0.286. The second-order valence-corrected chi connectivity index (χ2v) is 7.45. The topological polar surface area (TPSA) is 90.9 Å². The second kappa shape index (κ2) is 8.91. The number of esters is 2. The number of methoxy groups -OCH3 is 3. The van der Waals surface area contributed by atoms with Gasteiger partial charge in [-0.1, -0.05) is 12.1 Å². The summed E-state index contributed by atoms with van der Waals surface area (Å²) in [6, 6.07) is 7.24. The molecular weight excluding hydrogens is 394 g/mol. The molecule has 0 aliphatic heterocycles. The Labute approximate surface area is 172 Å². The van der Waals surface area contributed by atoms with Crippen LogP contribution in [0.15, 0.2) is 30.3 Å². The molecule has 1 N–H and O–H groups in total. The highest BCUT2D eigenvalue weighted by atomic mass is 32.1. The maximum Gasteiger partial charge on any atom is 0.341 e. The molecule has 3 rings (SSSR count). The van der Waals surface area contributed by atoms with Crippen LogP contribution in [0.5, 0.6) is 5.75 Å². The van der Waals surface area contributed by atoms with Gasteiger partial charge in [-0.05, 0) is 42.2 Å². The summed E-state index contributed by atoms with van der Waals surface area (Å²) in [7, 11) is 4.17. The Morgan fingerprint density at radius 3 is 2.45 bits per heavy atom. The van der Waals surface area contributed by atoms with E-state index >= 15 is 0 Å². The number of carbonyl (C=O) groups is 3. The lowest BCUT2D eigenvalue weighted by molar-refractivity contribution is -0.142. The zero-order valence-corrected chi connectivity index (χ0v) is 17.1. The number of benzene rings is 1. The molecule has 1 heterocycles. The van der Waals surface area contributed by atoms with Crippen molar-refractivity contribution in [3.63, 3.8) is 0 Å². The minimum Gasteiger partial charge on any atom is -0.497 e. The third-order valence-corrected chi connectivity index (χ3v) is 5.87. The molecule has 1 atom stereocenters. The summed E-state index contributed by atoms with van der Waals surface area (Å²) in [5.41, 5.74) is 1.66. The largest absolute Gasteiger partial charge is 0.497 e. The van der Waals surface area contributed by atoms with Gasteiger partial charge in [-0.25, -0.2) is 4.79 Å². The number of aryl methyl sites for hydroxylation is 1. The summed E-state index contributed by atoms with van der Waals surface area (Å²) in [4.78, 5) is 37.8. The number of nitrogens with one attached hydrogen (secondary N) is 1. The van der Waals surface area contributed by atoms with Crippen LogP contribution in [0.25, 0.3) is 6.08 Å². The highest BCUT2D eigenvalue weighted by molar-refractivity contribution is 7.17. The van der Waals surface area contributed by atoms with Crippen LogP contribution < -0.4 is 10.1 Å². The summed E-state index contributed by atoms with van der Waals surface area (Å²) in [6.07, 6.45) is 4.25. The van der Waals surface area contributed by atoms with E-state index in [-0.39, 0.29) is 11.5 Å². The van der Waals surface area contributed by atoms with Crippen molar-refractivity contribution in [1.82, 2.24) is 0 Å². The minimum atomic E-state index is -0.590. The quantitative estimate of drug-likeness (QED) is 0.574. The first-order chi connectivity index (χ1) is 14.0. The van der Waals surface area contributed by atoms with Gasteiger partial charge in [0, 0.05) is 11.0 Å². The van der Waals surface area contributed by atoms with Gasteiger partial charge in [0.15, 0.2) is 0 Å². The minimum absolute atomic E-state index is 0.228. The number of ether oxygens (including phenoxy) is 3. The molecule has 0 saturated carbocycles. The van der Waals surface area contributed by atoms with E-state index < -0.39 is 17.9 Å². The number of hydrogen-bond donors (Lipinski definition) is 1. The second-order valence-electron chi connectivity index (χ2n) is 6.34. The van der Waals surface area contributed by atoms with Crippen molar-refractivity contribution in [3.05, 3.63) is 51.9 Å². The fourth-order valence-corrected chi connectivity index (χ4v) is 4.54. The number of amides is 1. The van der Waals surface area contributed by atoms with Crippen LogP contribution in [-0.4, -0.2) is 39.2 Å². The third kappa shape index (κ3) is 4.32. The first-order valence-corrected chi connectivity index (χ1v) is 9.75. The van der Waals surface area contributed by atoms with Crippen molar-refractivity contribution in [2.45, 2.75) is 18.8 Å². The average molecular weight is 415 g/mol. The predicted molar refractivity (Wildman–Crippen MR) is 109 cm³/mol. The number of rotatable bonds is 6. The summed E-state index contributed by atoms with van der Waals surface area (Å²) in [5, 5.41) is 3.12. The maximum absolute atomic E-state index is 12.4. The van der Waals surface area contributed by atoms with Crippen molar-refractivity contribution < 1.29 is 28.6 Å². The Morgan fingerprint density at radius 1 is 1.10 bits per heavy atom. The number of anilines is 1. The summed E-state index contributed by atoms with van der Waals surface area (Å²) >= 11 is 1.29. The SMILES string of the molecule is COC(=O)c1c(NC(=O)/C=C/c2ccc(OC)cc2)sc2c1C(C(=O)OC)CC2. The highest BCUT2D eigenvalue weighted by Gasteiger charge is 2.38. The molecule has 1 aromatic carbocycles. The molecule has 1 aromatic heterocycles. The number of thiophene rings is 1. The van der Waals surface area contributed by atoms with Gasteiger partial charge in [0.05, 0.1) is 32.8 Å². The lowest BCUT2D eigenvalue weighted by atomic mass is 9.99. The lowest BCUT2D eigenvalue weighted by Crippen LogP contribution is -2.16. The summed E-state index contributed by atoms with van der Waals surface area (Å²) in [5.74, 6) is -1.18. The van der Waals surface area contributed by atoms with E-state index in [9.17, 15) is 14.4 Å². The normalized spacial score (nSPS) is 15.1. The van der Waals surface area contributed by atoms with Gasteiger partial charge in [-0.15, -0.1) is 11.3 Å². The van der Waals surface area contributed by atoms with Crippen LogP contribution in [0.1, 0.15) is 38.7 Å². The molecule has 1 unspecified atom stereocenters. The molecule has 8 heteroatoms. The van der Waals surface area contributed by atoms with Crippen LogP contribution in [0, 0.1) is 0 Å². The van der Waals surface area contributed by atoms with E-state index in [1.807, 2.05) is 12.1 Å². The molecule has 7 nitrogen and oxygen atoms in total. The highest BCUT2D eigenvalue weighted by Crippen LogP contribution is 2.45. The number of fused-ring (bicyclic) bond motifs is 1. The van der Waals surface area contributed by atoms with Gasteiger partial charge < -0.3 is 19.5 Å². The van der Waals surface area contributed by atoms with Crippen molar-refractivity contribution in [2.75, 3.05) is 26.6 Å². The van der Waals surface area contributed by atoms with Crippen LogP contribution >= 0.6 is 11.3 Å². The molecule has 0 fully saturated rings. The zero-order chi connectivity index (χ0) is 21.0.